The second-order valence-corrected chi connectivity index (χ2v) is 8.89. The average Bonchev–Trinajstić information content (AvgIpc) is 3.66. The Hall–Kier alpha value is -4.60. The van der Waals surface area contributed by atoms with Crippen LogP contribution in [0.1, 0.15) is 45.2 Å². The minimum atomic E-state index is -0.758. The Bertz CT molecular complexity index is 1420. The molecule has 2 amide bonds. The number of ether oxygens (including phenoxy) is 2. The van der Waals surface area contributed by atoms with E-state index in [9.17, 15) is 14.0 Å². The van der Waals surface area contributed by atoms with Crippen LogP contribution in [0.15, 0.2) is 69.8 Å². The molecule has 1 aliphatic rings. The Morgan fingerprint density at radius 2 is 1.82 bits per heavy atom. The summed E-state index contributed by atoms with van der Waals surface area (Å²) in [5.74, 6) is -0.344. The Morgan fingerprint density at radius 1 is 1.05 bits per heavy atom. The first-order chi connectivity index (χ1) is 18.5. The average molecular weight is 520 g/mol. The van der Waals surface area contributed by atoms with Gasteiger partial charge in [-0.15, -0.1) is 0 Å². The van der Waals surface area contributed by atoms with Gasteiger partial charge in [-0.05, 0) is 54.7 Å². The predicted octanol–water partition coefficient (Wildman–Crippen LogP) is 5.36. The summed E-state index contributed by atoms with van der Waals surface area (Å²) in [7, 11) is 2.76. The summed E-state index contributed by atoms with van der Waals surface area (Å²) in [6, 6.07) is 15.2. The summed E-state index contributed by atoms with van der Waals surface area (Å²) < 4.78 is 35.3. The van der Waals surface area contributed by atoms with Crippen molar-refractivity contribution in [3.63, 3.8) is 0 Å². The molecule has 2 aromatic heterocycles. The molecule has 0 aliphatic carbocycles. The van der Waals surface area contributed by atoms with E-state index in [4.69, 9.17) is 18.4 Å². The van der Waals surface area contributed by atoms with Gasteiger partial charge in [-0.3, -0.25) is 9.59 Å². The second kappa shape index (κ2) is 10.8. The lowest BCUT2D eigenvalue weighted by atomic mass is 9.89. The number of nitrogens with zero attached hydrogens (tertiary/aromatic N) is 2. The summed E-state index contributed by atoms with van der Waals surface area (Å²) >= 11 is 0. The van der Waals surface area contributed by atoms with Crippen molar-refractivity contribution in [2.45, 2.75) is 18.8 Å². The number of anilines is 1. The van der Waals surface area contributed by atoms with Gasteiger partial charge in [0.25, 0.3) is 11.8 Å². The van der Waals surface area contributed by atoms with Crippen LogP contribution < -0.4 is 14.8 Å². The lowest BCUT2D eigenvalue weighted by Gasteiger charge is -2.31. The number of likely N-dealkylation sites (tertiary alicyclic amines) is 1. The second-order valence-electron chi connectivity index (χ2n) is 8.89. The number of nitrogens with one attached hydrogen (secondary N) is 1. The molecule has 0 atom stereocenters. The van der Waals surface area contributed by atoms with Crippen LogP contribution in [0.25, 0.3) is 11.5 Å². The van der Waals surface area contributed by atoms with E-state index < -0.39 is 11.7 Å². The van der Waals surface area contributed by atoms with E-state index in [1.54, 1.807) is 35.2 Å². The van der Waals surface area contributed by atoms with E-state index in [1.807, 2.05) is 12.1 Å². The molecule has 38 heavy (non-hydrogen) atoms. The number of rotatable bonds is 7. The van der Waals surface area contributed by atoms with Gasteiger partial charge >= 0.3 is 0 Å². The quantitative estimate of drug-likeness (QED) is 0.350. The fraction of sp³-hybridized carbons (Fsp3) is 0.250. The summed E-state index contributed by atoms with van der Waals surface area (Å²) in [6.45, 7) is 1.16. The Balaban J connectivity index is 1.18. The first-order valence-electron chi connectivity index (χ1n) is 12.1. The highest BCUT2D eigenvalue weighted by molar-refractivity contribution is 6.05. The minimum Gasteiger partial charge on any atom is -0.497 e. The summed E-state index contributed by atoms with van der Waals surface area (Å²) in [4.78, 5) is 27.4. The third-order valence-corrected chi connectivity index (χ3v) is 6.63. The highest BCUT2D eigenvalue weighted by Crippen LogP contribution is 2.31. The molecule has 0 radical (unpaired) electrons. The molecule has 1 saturated heterocycles. The molecule has 0 saturated carbocycles. The molecule has 3 heterocycles. The van der Waals surface area contributed by atoms with Crippen LogP contribution in [0.2, 0.25) is 0 Å². The first kappa shape index (κ1) is 25.1. The molecule has 0 spiro atoms. The van der Waals surface area contributed by atoms with Crippen molar-refractivity contribution < 1.29 is 32.4 Å². The van der Waals surface area contributed by atoms with Gasteiger partial charge in [-0.1, -0.05) is 17.3 Å². The first-order valence-corrected chi connectivity index (χ1v) is 12.1. The van der Waals surface area contributed by atoms with Gasteiger partial charge in [-0.25, -0.2) is 4.39 Å². The lowest BCUT2D eigenvalue weighted by molar-refractivity contribution is 0.0671. The summed E-state index contributed by atoms with van der Waals surface area (Å²) in [5.41, 5.74) is 1.94. The minimum absolute atomic E-state index is 0.0732. The number of benzene rings is 2. The molecule has 10 heteroatoms. The van der Waals surface area contributed by atoms with Gasteiger partial charge in [0.15, 0.2) is 17.3 Å². The molecule has 1 aliphatic heterocycles. The largest absolute Gasteiger partial charge is 0.497 e. The number of halogens is 1. The van der Waals surface area contributed by atoms with Crippen LogP contribution >= 0.6 is 0 Å². The number of hydrogen-bond donors (Lipinski definition) is 1. The molecule has 4 aromatic rings. The third-order valence-electron chi connectivity index (χ3n) is 6.63. The monoisotopic (exact) mass is 519 g/mol. The molecule has 9 nitrogen and oxygen atoms in total. The summed E-state index contributed by atoms with van der Waals surface area (Å²) in [5, 5.41) is 6.65. The lowest BCUT2D eigenvalue weighted by Crippen LogP contribution is -2.37. The smallest absolute Gasteiger partial charge is 0.292 e. The number of furan rings is 1. The van der Waals surface area contributed by atoms with Crippen molar-refractivity contribution in [2.75, 3.05) is 32.6 Å². The standard InChI is InChI=1S/C28H26FN3O6/c1-35-20-14-21(26(29)24(15-20)36-2)27(33)30-19-7-5-17(6-8-19)18-9-11-32(12-10-18)28(34)25-16-22(31-38-25)23-4-3-13-37-23/h3-8,13-16,18H,9-12H2,1-2H3,(H,30,33). The van der Waals surface area contributed by atoms with E-state index in [2.05, 4.69) is 10.5 Å². The van der Waals surface area contributed by atoms with Crippen molar-refractivity contribution in [3.8, 4) is 23.0 Å². The van der Waals surface area contributed by atoms with Gasteiger partial charge in [0.1, 0.15) is 11.4 Å². The number of aromatic nitrogens is 1. The number of amides is 2. The van der Waals surface area contributed by atoms with Gasteiger partial charge in [0, 0.05) is 30.9 Å². The van der Waals surface area contributed by atoms with Crippen molar-refractivity contribution in [1.82, 2.24) is 10.1 Å². The van der Waals surface area contributed by atoms with Crippen LogP contribution in [-0.2, 0) is 0 Å². The molecule has 5 rings (SSSR count). The number of piperidine rings is 1. The van der Waals surface area contributed by atoms with Crippen molar-refractivity contribution >= 4 is 17.5 Å². The highest BCUT2D eigenvalue weighted by atomic mass is 19.1. The normalized spacial score (nSPS) is 13.8. The topological polar surface area (TPSA) is 107 Å². The highest BCUT2D eigenvalue weighted by Gasteiger charge is 2.27. The fourth-order valence-electron chi connectivity index (χ4n) is 4.53. The maximum Gasteiger partial charge on any atom is 0.292 e. The number of carbonyl (C=O) groups is 2. The van der Waals surface area contributed by atoms with Gasteiger partial charge < -0.3 is 28.6 Å². The zero-order chi connectivity index (χ0) is 26.6. The Kier molecular flexibility index (Phi) is 7.12. The van der Waals surface area contributed by atoms with Crippen molar-refractivity contribution in [2.24, 2.45) is 0 Å². The summed E-state index contributed by atoms with van der Waals surface area (Å²) in [6.07, 6.45) is 3.10. The van der Waals surface area contributed by atoms with Crippen LogP contribution in [0.5, 0.6) is 11.5 Å². The maximum absolute atomic E-state index is 14.6. The van der Waals surface area contributed by atoms with E-state index in [-0.39, 0.29) is 28.9 Å². The third kappa shape index (κ3) is 5.10. The van der Waals surface area contributed by atoms with E-state index >= 15 is 0 Å². The predicted molar refractivity (Wildman–Crippen MR) is 136 cm³/mol. The molecule has 1 N–H and O–H groups in total. The van der Waals surface area contributed by atoms with Crippen LogP contribution in [-0.4, -0.2) is 49.2 Å². The maximum atomic E-state index is 14.6. The van der Waals surface area contributed by atoms with E-state index in [0.29, 0.717) is 36.0 Å². The molecule has 196 valence electrons. The molecule has 0 bridgehead atoms. The number of methoxy groups -OCH3 is 2. The van der Waals surface area contributed by atoms with Crippen LogP contribution in [0.3, 0.4) is 0 Å². The molecular formula is C28H26FN3O6. The van der Waals surface area contributed by atoms with Crippen molar-refractivity contribution in [3.05, 3.63) is 83.6 Å². The van der Waals surface area contributed by atoms with E-state index in [0.717, 1.165) is 18.4 Å². The van der Waals surface area contributed by atoms with Crippen LogP contribution in [0.4, 0.5) is 10.1 Å². The number of hydrogen-bond acceptors (Lipinski definition) is 7. The van der Waals surface area contributed by atoms with Crippen molar-refractivity contribution in [1.29, 1.82) is 0 Å². The SMILES string of the molecule is COc1cc(OC)c(F)c(C(=O)Nc2ccc(C3CCN(C(=O)c4cc(-c5ccco5)no4)CC3)cc2)c1. The zero-order valence-electron chi connectivity index (χ0n) is 20.9. The zero-order valence-corrected chi connectivity index (χ0v) is 20.9. The van der Waals surface area contributed by atoms with Gasteiger partial charge in [0.2, 0.25) is 5.76 Å². The molecular weight excluding hydrogens is 493 g/mol. The van der Waals surface area contributed by atoms with E-state index in [1.165, 1.54) is 32.6 Å². The molecule has 1 fully saturated rings. The van der Waals surface area contributed by atoms with Gasteiger partial charge in [-0.2, -0.15) is 0 Å². The Labute approximate surface area is 218 Å². The van der Waals surface area contributed by atoms with Crippen LogP contribution in [0, 0.1) is 5.82 Å². The Morgan fingerprint density at radius 3 is 2.47 bits per heavy atom. The number of carbonyl (C=O) groups excluding carboxylic acids is 2. The fourth-order valence-corrected chi connectivity index (χ4v) is 4.53. The van der Waals surface area contributed by atoms with Gasteiger partial charge in [0.05, 0.1) is 26.0 Å². The molecule has 0 unspecified atom stereocenters. The molecule has 2 aromatic carbocycles.